The van der Waals surface area contributed by atoms with Crippen LogP contribution in [0.4, 0.5) is 0 Å². The Hall–Kier alpha value is -0.810. The van der Waals surface area contributed by atoms with Crippen LogP contribution in [0.1, 0.15) is 53.4 Å². The Morgan fingerprint density at radius 1 is 1.22 bits per heavy atom. The van der Waals surface area contributed by atoms with Crippen molar-refractivity contribution in [2.24, 2.45) is 10.9 Å². The minimum atomic E-state index is -0.0746. The minimum absolute atomic E-state index is 0.0746. The van der Waals surface area contributed by atoms with E-state index in [1.165, 1.54) is 25.9 Å². The molecular formula is C18H36N4O. The van der Waals surface area contributed by atoms with Gasteiger partial charge in [0.2, 0.25) is 0 Å². The number of ether oxygens (including phenoxy) is 1. The van der Waals surface area contributed by atoms with Gasteiger partial charge in [-0.05, 0) is 58.5 Å². The molecule has 2 heterocycles. The van der Waals surface area contributed by atoms with E-state index in [1.807, 2.05) is 0 Å². The van der Waals surface area contributed by atoms with Gasteiger partial charge in [0.05, 0.1) is 12.1 Å². The summed E-state index contributed by atoms with van der Waals surface area (Å²) < 4.78 is 5.84. The molecule has 0 aromatic heterocycles. The lowest BCUT2D eigenvalue weighted by Gasteiger charge is -2.31. The van der Waals surface area contributed by atoms with Crippen molar-refractivity contribution in [1.29, 1.82) is 0 Å². The highest BCUT2D eigenvalue weighted by Gasteiger charge is 2.29. The van der Waals surface area contributed by atoms with E-state index < -0.39 is 0 Å². The van der Waals surface area contributed by atoms with Crippen LogP contribution in [-0.4, -0.2) is 61.8 Å². The monoisotopic (exact) mass is 324 g/mol. The molecule has 2 aliphatic rings. The van der Waals surface area contributed by atoms with E-state index in [2.05, 4.69) is 43.2 Å². The molecule has 0 bridgehead atoms. The van der Waals surface area contributed by atoms with Crippen molar-refractivity contribution in [2.75, 3.05) is 39.3 Å². The molecule has 0 spiro atoms. The molecule has 2 saturated heterocycles. The Morgan fingerprint density at radius 3 is 2.52 bits per heavy atom. The normalized spacial score (nSPS) is 27.6. The molecule has 2 atom stereocenters. The third-order valence-electron chi connectivity index (χ3n) is 5.07. The summed E-state index contributed by atoms with van der Waals surface area (Å²) in [4.78, 5) is 7.40. The Balaban J connectivity index is 1.89. The SMILES string of the molecule is CCNC(=NCC1(C)CCCO1)NCC(C(C)C)N1CCCC1. The molecule has 0 amide bonds. The van der Waals surface area contributed by atoms with Crippen molar-refractivity contribution in [3.8, 4) is 0 Å². The predicted octanol–water partition coefficient (Wildman–Crippen LogP) is 2.23. The van der Waals surface area contributed by atoms with Crippen molar-refractivity contribution in [3.63, 3.8) is 0 Å². The molecule has 0 aliphatic carbocycles. The fourth-order valence-corrected chi connectivity index (χ4v) is 3.61. The first-order valence-corrected chi connectivity index (χ1v) is 9.44. The molecule has 0 aromatic carbocycles. The lowest BCUT2D eigenvalue weighted by Crippen LogP contribution is -2.49. The van der Waals surface area contributed by atoms with Gasteiger partial charge < -0.3 is 15.4 Å². The van der Waals surface area contributed by atoms with Crippen molar-refractivity contribution in [3.05, 3.63) is 0 Å². The molecular weight excluding hydrogens is 288 g/mol. The summed E-state index contributed by atoms with van der Waals surface area (Å²) in [5, 5.41) is 6.94. The highest BCUT2D eigenvalue weighted by Crippen LogP contribution is 2.25. The molecule has 2 unspecified atom stereocenters. The van der Waals surface area contributed by atoms with E-state index >= 15 is 0 Å². The average Bonchev–Trinajstić information content (AvgIpc) is 3.17. The predicted molar refractivity (Wildman–Crippen MR) is 97.0 cm³/mol. The number of aliphatic imine (C=N–C) groups is 1. The van der Waals surface area contributed by atoms with Gasteiger partial charge in [0.25, 0.3) is 0 Å². The van der Waals surface area contributed by atoms with Crippen molar-refractivity contribution in [1.82, 2.24) is 15.5 Å². The second-order valence-corrected chi connectivity index (χ2v) is 7.53. The number of likely N-dealkylation sites (tertiary alicyclic amines) is 1. The summed E-state index contributed by atoms with van der Waals surface area (Å²) in [6, 6.07) is 0.583. The zero-order valence-electron chi connectivity index (χ0n) is 15.5. The van der Waals surface area contributed by atoms with Crippen LogP contribution < -0.4 is 10.6 Å². The highest BCUT2D eigenvalue weighted by atomic mass is 16.5. The standard InChI is InChI=1S/C18H36N4O/c1-5-19-17(21-14-18(4)9-8-12-23-18)20-13-16(15(2)3)22-10-6-7-11-22/h15-16H,5-14H2,1-4H3,(H2,19,20,21). The number of hydrogen-bond acceptors (Lipinski definition) is 3. The molecule has 2 rings (SSSR count). The van der Waals surface area contributed by atoms with Gasteiger partial charge in [-0.3, -0.25) is 9.89 Å². The second kappa shape index (κ2) is 8.88. The highest BCUT2D eigenvalue weighted by molar-refractivity contribution is 5.79. The first-order valence-electron chi connectivity index (χ1n) is 9.44. The van der Waals surface area contributed by atoms with Crippen LogP contribution in [0.15, 0.2) is 4.99 Å². The Labute approximate surface area is 142 Å². The summed E-state index contributed by atoms with van der Waals surface area (Å²) in [5.41, 5.74) is -0.0746. The van der Waals surface area contributed by atoms with Gasteiger partial charge >= 0.3 is 0 Å². The van der Waals surface area contributed by atoms with Crippen molar-refractivity contribution >= 4 is 5.96 Å². The quantitative estimate of drug-likeness (QED) is 0.557. The lowest BCUT2D eigenvalue weighted by atomic mass is 10.0. The largest absolute Gasteiger partial charge is 0.373 e. The fraction of sp³-hybridized carbons (Fsp3) is 0.944. The molecule has 2 fully saturated rings. The maximum absolute atomic E-state index is 5.84. The van der Waals surface area contributed by atoms with Crippen LogP contribution in [0.25, 0.3) is 0 Å². The molecule has 5 nitrogen and oxygen atoms in total. The molecule has 0 saturated carbocycles. The summed E-state index contributed by atoms with van der Waals surface area (Å²) in [6.45, 7) is 14.9. The Morgan fingerprint density at radius 2 is 1.96 bits per heavy atom. The zero-order chi connectivity index (χ0) is 16.7. The molecule has 134 valence electrons. The van der Waals surface area contributed by atoms with E-state index in [9.17, 15) is 0 Å². The van der Waals surface area contributed by atoms with Gasteiger partial charge in [-0.1, -0.05) is 13.8 Å². The van der Waals surface area contributed by atoms with Gasteiger partial charge in [-0.15, -0.1) is 0 Å². The first-order chi connectivity index (χ1) is 11.0. The van der Waals surface area contributed by atoms with E-state index in [1.54, 1.807) is 0 Å². The van der Waals surface area contributed by atoms with Crippen LogP contribution in [0.5, 0.6) is 0 Å². The van der Waals surface area contributed by atoms with Crippen molar-refractivity contribution in [2.45, 2.75) is 65.0 Å². The van der Waals surface area contributed by atoms with E-state index in [4.69, 9.17) is 9.73 Å². The molecule has 0 aromatic rings. The molecule has 2 aliphatic heterocycles. The molecule has 23 heavy (non-hydrogen) atoms. The summed E-state index contributed by atoms with van der Waals surface area (Å²) in [7, 11) is 0. The summed E-state index contributed by atoms with van der Waals surface area (Å²) >= 11 is 0. The Bertz CT molecular complexity index is 371. The number of guanidine groups is 1. The molecule has 2 N–H and O–H groups in total. The zero-order valence-corrected chi connectivity index (χ0v) is 15.5. The number of hydrogen-bond donors (Lipinski definition) is 2. The molecule has 5 heteroatoms. The van der Waals surface area contributed by atoms with Crippen LogP contribution in [0, 0.1) is 5.92 Å². The summed E-state index contributed by atoms with van der Waals surface area (Å²) in [5.74, 6) is 1.58. The van der Waals surface area contributed by atoms with Crippen LogP contribution in [0.2, 0.25) is 0 Å². The number of nitrogens with zero attached hydrogens (tertiary/aromatic N) is 2. The smallest absolute Gasteiger partial charge is 0.191 e. The third-order valence-corrected chi connectivity index (χ3v) is 5.07. The number of rotatable bonds is 7. The Kier molecular flexibility index (Phi) is 7.15. The third kappa shape index (κ3) is 5.64. The maximum atomic E-state index is 5.84. The topological polar surface area (TPSA) is 48.9 Å². The average molecular weight is 325 g/mol. The van der Waals surface area contributed by atoms with Crippen LogP contribution in [-0.2, 0) is 4.74 Å². The van der Waals surface area contributed by atoms with Gasteiger partial charge in [-0.2, -0.15) is 0 Å². The van der Waals surface area contributed by atoms with E-state index in [0.29, 0.717) is 12.0 Å². The molecule has 0 radical (unpaired) electrons. The first kappa shape index (κ1) is 18.5. The fourth-order valence-electron chi connectivity index (χ4n) is 3.61. The maximum Gasteiger partial charge on any atom is 0.191 e. The van der Waals surface area contributed by atoms with Crippen LogP contribution >= 0.6 is 0 Å². The lowest BCUT2D eigenvalue weighted by molar-refractivity contribution is 0.0283. The van der Waals surface area contributed by atoms with Gasteiger partial charge in [-0.25, -0.2) is 0 Å². The van der Waals surface area contributed by atoms with Gasteiger partial charge in [0.15, 0.2) is 5.96 Å². The summed E-state index contributed by atoms with van der Waals surface area (Å²) in [6.07, 6.45) is 4.94. The van der Waals surface area contributed by atoms with E-state index in [0.717, 1.165) is 45.0 Å². The van der Waals surface area contributed by atoms with Crippen LogP contribution in [0.3, 0.4) is 0 Å². The van der Waals surface area contributed by atoms with Gasteiger partial charge in [0.1, 0.15) is 0 Å². The second-order valence-electron chi connectivity index (χ2n) is 7.53. The minimum Gasteiger partial charge on any atom is -0.373 e. The van der Waals surface area contributed by atoms with E-state index in [-0.39, 0.29) is 5.60 Å². The van der Waals surface area contributed by atoms with Crippen molar-refractivity contribution < 1.29 is 4.74 Å². The number of nitrogens with one attached hydrogen (secondary N) is 2. The van der Waals surface area contributed by atoms with Gasteiger partial charge in [0, 0.05) is 25.7 Å².